The van der Waals surface area contributed by atoms with Crippen molar-refractivity contribution in [1.82, 2.24) is 9.88 Å². The fourth-order valence-corrected chi connectivity index (χ4v) is 2.73. The molecule has 0 saturated carbocycles. The van der Waals surface area contributed by atoms with Crippen LogP contribution < -0.4 is 4.74 Å². The van der Waals surface area contributed by atoms with E-state index in [-0.39, 0.29) is 6.04 Å². The average molecular weight is 284 g/mol. The first-order chi connectivity index (χ1) is 10.4. The third kappa shape index (κ3) is 3.23. The van der Waals surface area contributed by atoms with Crippen molar-refractivity contribution in [3.8, 4) is 5.75 Å². The molecule has 1 aliphatic heterocycles. The molecule has 3 rings (SSSR count). The normalized spacial score (nSPS) is 17.4. The van der Waals surface area contributed by atoms with E-state index in [9.17, 15) is 0 Å². The van der Waals surface area contributed by atoms with Crippen molar-refractivity contribution in [3.05, 3.63) is 59.9 Å². The zero-order valence-electron chi connectivity index (χ0n) is 12.2. The summed E-state index contributed by atoms with van der Waals surface area (Å²) < 4.78 is 10.7. The van der Waals surface area contributed by atoms with Gasteiger partial charge in [0, 0.05) is 19.3 Å². The summed E-state index contributed by atoms with van der Waals surface area (Å²) in [6.45, 7) is 3.40. The fourth-order valence-electron chi connectivity index (χ4n) is 2.73. The van der Waals surface area contributed by atoms with Crippen LogP contribution in [0.1, 0.15) is 17.3 Å². The lowest BCUT2D eigenvalue weighted by Gasteiger charge is -2.34. The van der Waals surface area contributed by atoms with Crippen LogP contribution in [0.2, 0.25) is 0 Å². The molecule has 1 fully saturated rings. The predicted molar refractivity (Wildman–Crippen MR) is 81.5 cm³/mol. The van der Waals surface area contributed by atoms with Crippen LogP contribution in [0.5, 0.6) is 5.75 Å². The largest absolute Gasteiger partial charge is 0.497 e. The summed E-state index contributed by atoms with van der Waals surface area (Å²) in [4.78, 5) is 6.98. The summed E-state index contributed by atoms with van der Waals surface area (Å²) in [5.74, 6) is 0.875. The molecule has 4 nitrogen and oxygen atoms in total. The van der Waals surface area contributed by atoms with Crippen molar-refractivity contribution < 1.29 is 9.47 Å². The Hall–Kier alpha value is -1.91. The Morgan fingerprint density at radius 1 is 1.10 bits per heavy atom. The molecule has 4 heteroatoms. The molecular formula is C17H20N2O2. The highest BCUT2D eigenvalue weighted by Gasteiger charge is 2.25. The molecule has 0 radical (unpaired) electrons. The molecule has 0 aliphatic carbocycles. The van der Waals surface area contributed by atoms with Gasteiger partial charge in [0.2, 0.25) is 0 Å². The molecule has 1 aromatic heterocycles. The van der Waals surface area contributed by atoms with Gasteiger partial charge in [-0.15, -0.1) is 0 Å². The van der Waals surface area contributed by atoms with E-state index in [0.29, 0.717) is 0 Å². The smallest absolute Gasteiger partial charge is 0.118 e. The summed E-state index contributed by atoms with van der Waals surface area (Å²) in [7, 11) is 1.69. The average Bonchev–Trinajstić information content (AvgIpc) is 2.58. The molecule has 21 heavy (non-hydrogen) atoms. The number of nitrogens with zero attached hydrogens (tertiary/aromatic N) is 2. The van der Waals surface area contributed by atoms with Crippen LogP contribution in [-0.4, -0.2) is 43.3 Å². The Morgan fingerprint density at radius 2 is 1.86 bits per heavy atom. The highest BCUT2D eigenvalue weighted by Crippen LogP contribution is 2.29. The Bertz CT molecular complexity index is 551. The zero-order chi connectivity index (χ0) is 14.5. The number of pyridine rings is 1. The summed E-state index contributed by atoms with van der Waals surface area (Å²) in [6.07, 6.45) is 1.85. The van der Waals surface area contributed by atoms with Gasteiger partial charge in [-0.05, 0) is 29.8 Å². The van der Waals surface area contributed by atoms with Crippen molar-refractivity contribution in [1.29, 1.82) is 0 Å². The Labute approximate surface area is 125 Å². The molecule has 2 heterocycles. The lowest BCUT2D eigenvalue weighted by molar-refractivity contribution is 0.0232. The molecule has 0 amide bonds. The molecule has 0 spiro atoms. The van der Waals surface area contributed by atoms with E-state index in [0.717, 1.165) is 37.7 Å². The van der Waals surface area contributed by atoms with E-state index in [4.69, 9.17) is 9.47 Å². The van der Waals surface area contributed by atoms with Gasteiger partial charge in [-0.25, -0.2) is 0 Å². The highest BCUT2D eigenvalue weighted by atomic mass is 16.5. The number of ether oxygens (including phenoxy) is 2. The van der Waals surface area contributed by atoms with Crippen LogP contribution in [0.4, 0.5) is 0 Å². The summed E-state index contributed by atoms with van der Waals surface area (Å²) in [6, 6.07) is 14.5. The predicted octanol–water partition coefficient (Wildman–Crippen LogP) is 2.51. The summed E-state index contributed by atoms with van der Waals surface area (Å²) >= 11 is 0. The molecule has 0 bridgehead atoms. The van der Waals surface area contributed by atoms with E-state index in [1.54, 1.807) is 7.11 Å². The van der Waals surface area contributed by atoms with Crippen LogP contribution >= 0.6 is 0 Å². The Balaban J connectivity index is 1.94. The van der Waals surface area contributed by atoms with Crippen LogP contribution in [0.3, 0.4) is 0 Å². The van der Waals surface area contributed by atoms with Crippen LogP contribution in [0, 0.1) is 0 Å². The van der Waals surface area contributed by atoms with Crippen molar-refractivity contribution >= 4 is 0 Å². The maximum absolute atomic E-state index is 5.48. The number of benzene rings is 1. The van der Waals surface area contributed by atoms with Gasteiger partial charge in [-0.1, -0.05) is 18.2 Å². The number of methoxy groups -OCH3 is 1. The number of aromatic nitrogens is 1. The van der Waals surface area contributed by atoms with Crippen molar-refractivity contribution in [2.45, 2.75) is 6.04 Å². The summed E-state index contributed by atoms with van der Waals surface area (Å²) in [5, 5.41) is 0. The van der Waals surface area contributed by atoms with E-state index in [2.05, 4.69) is 28.1 Å². The van der Waals surface area contributed by atoms with Crippen LogP contribution in [0.25, 0.3) is 0 Å². The molecular weight excluding hydrogens is 264 g/mol. The Kier molecular flexibility index (Phi) is 4.48. The SMILES string of the molecule is COc1ccc(C(c2ccccn2)N2CCOCC2)cc1. The fraction of sp³-hybridized carbons (Fsp3) is 0.353. The molecule has 110 valence electrons. The first-order valence-electron chi connectivity index (χ1n) is 7.25. The first-order valence-corrected chi connectivity index (χ1v) is 7.25. The maximum Gasteiger partial charge on any atom is 0.118 e. The number of rotatable bonds is 4. The number of hydrogen-bond acceptors (Lipinski definition) is 4. The van der Waals surface area contributed by atoms with E-state index < -0.39 is 0 Å². The second-order valence-corrected chi connectivity index (χ2v) is 5.08. The topological polar surface area (TPSA) is 34.6 Å². The molecule has 1 aliphatic rings. The number of morpholine rings is 1. The third-order valence-corrected chi connectivity index (χ3v) is 3.81. The van der Waals surface area contributed by atoms with Crippen LogP contribution in [-0.2, 0) is 4.74 Å². The van der Waals surface area contributed by atoms with Gasteiger partial charge in [0.15, 0.2) is 0 Å². The van der Waals surface area contributed by atoms with Crippen LogP contribution in [0.15, 0.2) is 48.7 Å². The van der Waals surface area contributed by atoms with Gasteiger partial charge >= 0.3 is 0 Å². The summed E-state index contributed by atoms with van der Waals surface area (Å²) in [5.41, 5.74) is 2.31. The zero-order valence-corrected chi connectivity index (χ0v) is 12.2. The molecule has 1 unspecified atom stereocenters. The molecule has 0 N–H and O–H groups in total. The molecule has 1 saturated heterocycles. The molecule has 1 aromatic carbocycles. The standard InChI is InChI=1S/C17H20N2O2/c1-20-15-7-5-14(6-8-15)17(16-4-2-3-9-18-16)19-10-12-21-13-11-19/h2-9,17H,10-13H2,1H3. The van der Waals surface area contributed by atoms with Gasteiger partial charge in [0.05, 0.1) is 32.1 Å². The minimum absolute atomic E-state index is 0.168. The molecule has 1 atom stereocenters. The minimum Gasteiger partial charge on any atom is -0.497 e. The van der Waals surface area contributed by atoms with Gasteiger partial charge in [0.1, 0.15) is 5.75 Å². The van der Waals surface area contributed by atoms with Crippen molar-refractivity contribution in [3.63, 3.8) is 0 Å². The van der Waals surface area contributed by atoms with Gasteiger partial charge < -0.3 is 9.47 Å². The van der Waals surface area contributed by atoms with E-state index >= 15 is 0 Å². The van der Waals surface area contributed by atoms with E-state index in [1.165, 1.54) is 5.56 Å². The first kappa shape index (κ1) is 14.0. The quantitative estimate of drug-likeness (QED) is 0.864. The second kappa shape index (κ2) is 6.70. The maximum atomic E-state index is 5.48. The van der Waals surface area contributed by atoms with Gasteiger partial charge in [0.25, 0.3) is 0 Å². The Morgan fingerprint density at radius 3 is 2.48 bits per heavy atom. The molecule has 2 aromatic rings. The van der Waals surface area contributed by atoms with E-state index in [1.807, 2.05) is 30.5 Å². The monoisotopic (exact) mass is 284 g/mol. The second-order valence-electron chi connectivity index (χ2n) is 5.08. The van der Waals surface area contributed by atoms with Gasteiger partial charge in [-0.3, -0.25) is 9.88 Å². The third-order valence-electron chi connectivity index (χ3n) is 3.81. The van der Waals surface area contributed by atoms with Crippen molar-refractivity contribution in [2.24, 2.45) is 0 Å². The van der Waals surface area contributed by atoms with Crippen molar-refractivity contribution in [2.75, 3.05) is 33.4 Å². The van der Waals surface area contributed by atoms with Gasteiger partial charge in [-0.2, -0.15) is 0 Å². The minimum atomic E-state index is 0.168. The lowest BCUT2D eigenvalue weighted by atomic mass is 10.0. The number of hydrogen-bond donors (Lipinski definition) is 0. The lowest BCUT2D eigenvalue weighted by Crippen LogP contribution is -2.39. The highest BCUT2D eigenvalue weighted by molar-refractivity contribution is 5.33.